The largest absolute Gasteiger partial charge is 0.426 e. The SMILES string of the molecule is Cc1ccc(OC(=O)Cc2ccc(S(=O)(=O)N3CCCCC3)s2)cc1C. The van der Waals surface area contributed by atoms with Crippen molar-refractivity contribution in [3.8, 4) is 5.75 Å². The fourth-order valence-electron chi connectivity index (χ4n) is 2.91. The number of nitrogens with zero attached hydrogens (tertiary/aromatic N) is 1. The Morgan fingerprint density at radius 2 is 1.81 bits per heavy atom. The highest BCUT2D eigenvalue weighted by Gasteiger charge is 2.27. The third-order valence-corrected chi connectivity index (χ3v) is 8.03. The summed E-state index contributed by atoms with van der Waals surface area (Å²) in [6, 6.07) is 8.79. The molecule has 1 aromatic carbocycles. The maximum Gasteiger partial charge on any atom is 0.316 e. The van der Waals surface area contributed by atoms with Crippen molar-refractivity contribution in [1.82, 2.24) is 4.31 Å². The first-order chi connectivity index (χ1) is 12.4. The molecule has 0 amide bonds. The van der Waals surface area contributed by atoms with Crippen LogP contribution in [0.3, 0.4) is 0 Å². The van der Waals surface area contributed by atoms with E-state index in [1.54, 1.807) is 22.5 Å². The summed E-state index contributed by atoms with van der Waals surface area (Å²) in [4.78, 5) is 12.9. The number of benzene rings is 1. The fraction of sp³-hybridized carbons (Fsp3) is 0.421. The molecule has 1 aromatic heterocycles. The van der Waals surface area contributed by atoms with Crippen LogP contribution < -0.4 is 4.74 Å². The average molecular weight is 394 g/mol. The number of piperidine rings is 1. The molecule has 1 aliphatic rings. The molecule has 1 fully saturated rings. The number of sulfonamides is 1. The maximum absolute atomic E-state index is 12.7. The van der Waals surface area contributed by atoms with Crippen LogP contribution in [-0.4, -0.2) is 31.8 Å². The molecule has 3 rings (SSSR count). The first-order valence-corrected chi connectivity index (χ1v) is 11.0. The number of hydrogen-bond acceptors (Lipinski definition) is 5. The van der Waals surface area contributed by atoms with Gasteiger partial charge in [-0.15, -0.1) is 11.3 Å². The Kier molecular flexibility index (Phi) is 5.79. The molecular weight excluding hydrogens is 370 g/mol. The summed E-state index contributed by atoms with van der Waals surface area (Å²) in [6.07, 6.45) is 2.94. The molecule has 0 saturated carbocycles. The van der Waals surface area contributed by atoms with Crippen molar-refractivity contribution in [2.75, 3.05) is 13.1 Å². The van der Waals surface area contributed by atoms with Gasteiger partial charge in [-0.1, -0.05) is 12.5 Å². The minimum Gasteiger partial charge on any atom is -0.426 e. The molecule has 0 unspecified atom stereocenters. The molecule has 140 valence electrons. The first kappa shape index (κ1) is 19.1. The molecule has 2 heterocycles. The van der Waals surface area contributed by atoms with Crippen LogP contribution in [0, 0.1) is 13.8 Å². The van der Waals surface area contributed by atoms with Gasteiger partial charge in [0.15, 0.2) is 0 Å². The van der Waals surface area contributed by atoms with Crippen molar-refractivity contribution in [2.24, 2.45) is 0 Å². The summed E-state index contributed by atoms with van der Waals surface area (Å²) in [5.74, 6) is 0.118. The number of ether oxygens (including phenoxy) is 1. The molecule has 7 heteroatoms. The monoisotopic (exact) mass is 393 g/mol. The van der Waals surface area contributed by atoms with Crippen molar-refractivity contribution in [3.05, 3.63) is 46.3 Å². The predicted molar refractivity (Wildman–Crippen MR) is 102 cm³/mol. The minimum atomic E-state index is -3.45. The molecule has 2 aromatic rings. The first-order valence-electron chi connectivity index (χ1n) is 8.73. The minimum absolute atomic E-state index is 0.0626. The van der Waals surface area contributed by atoms with E-state index in [-0.39, 0.29) is 6.42 Å². The number of hydrogen-bond donors (Lipinski definition) is 0. The predicted octanol–water partition coefficient (Wildman–Crippen LogP) is 3.69. The summed E-state index contributed by atoms with van der Waals surface area (Å²) < 4.78 is 32.5. The zero-order valence-electron chi connectivity index (χ0n) is 15.0. The van der Waals surface area contributed by atoms with Gasteiger partial charge in [-0.25, -0.2) is 8.42 Å². The Morgan fingerprint density at radius 1 is 1.08 bits per heavy atom. The summed E-state index contributed by atoms with van der Waals surface area (Å²) in [5.41, 5.74) is 2.19. The van der Waals surface area contributed by atoms with Gasteiger partial charge in [0, 0.05) is 18.0 Å². The van der Waals surface area contributed by atoms with E-state index in [1.807, 2.05) is 26.0 Å². The normalized spacial score (nSPS) is 15.8. The molecule has 0 N–H and O–H groups in total. The zero-order chi connectivity index (χ0) is 18.7. The van der Waals surface area contributed by atoms with E-state index >= 15 is 0 Å². The number of carbonyl (C=O) groups excluding carboxylic acids is 1. The number of esters is 1. The van der Waals surface area contributed by atoms with Crippen LogP contribution in [0.2, 0.25) is 0 Å². The molecule has 0 spiro atoms. The third kappa shape index (κ3) is 4.34. The highest BCUT2D eigenvalue weighted by Crippen LogP contribution is 2.27. The molecule has 0 bridgehead atoms. The molecule has 0 radical (unpaired) electrons. The molecule has 1 saturated heterocycles. The summed E-state index contributed by atoms with van der Waals surface area (Å²) in [5, 5.41) is 0. The summed E-state index contributed by atoms with van der Waals surface area (Å²) >= 11 is 1.15. The average Bonchev–Trinajstić information content (AvgIpc) is 3.08. The molecule has 5 nitrogen and oxygen atoms in total. The standard InChI is InChI=1S/C19H23NO4S2/c1-14-6-7-16(12-15(14)2)24-18(21)13-17-8-9-19(25-17)26(22,23)20-10-4-3-5-11-20/h6-9,12H,3-5,10-11,13H2,1-2H3. The second-order valence-electron chi connectivity index (χ2n) is 6.58. The topological polar surface area (TPSA) is 63.7 Å². The Labute approximate surface area is 158 Å². The molecule has 0 aliphatic carbocycles. The van der Waals surface area contributed by atoms with Crippen molar-refractivity contribution in [3.63, 3.8) is 0 Å². The quantitative estimate of drug-likeness (QED) is 0.574. The molecule has 1 aliphatic heterocycles. The van der Waals surface area contributed by atoms with E-state index < -0.39 is 16.0 Å². The van der Waals surface area contributed by atoms with Crippen LogP contribution in [0.15, 0.2) is 34.5 Å². The van der Waals surface area contributed by atoms with E-state index in [4.69, 9.17) is 4.74 Å². The molecule has 26 heavy (non-hydrogen) atoms. The highest BCUT2D eigenvalue weighted by atomic mass is 32.2. The summed E-state index contributed by atoms with van der Waals surface area (Å²) in [7, 11) is -3.45. The number of carbonyl (C=O) groups is 1. The Balaban J connectivity index is 1.65. The zero-order valence-corrected chi connectivity index (χ0v) is 16.7. The smallest absolute Gasteiger partial charge is 0.316 e. The van der Waals surface area contributed by atoms with Gasteiger partial charge in [-0.3, -0.25) is 4.79 Å². The lowest BCUT2D eigenvalue weighted by Crippen LogP contribution is -2.35. The van der Waals surface area contributed by atoms with Gasteiger partial charge >= 0.3 is 5.97 Å². The number of aryl methyl sites for hydroxylation is 2. The van der Waals surface area contributed by atoms with Crippen LogP contribution in [-0.2, 0) is 21.2 Å². The van der Waals surface area contributed by atoms with E-state index in [2.05, 4.69) is 0 Å². The van der Waals surface area contributed by atoms with Crippen molar-refractivity contribution in [1.29, 1.82) is 0 Å². The van der Waals surface area contributed by atoms with Crippen LogP contribution in [0.5, 0.6) is 5.75 Å². The van der Waals surface area contributed by atoms with Gasteiger partial charge in [0.05, 0.1) is 6.42 Å². The summed E-state index contributed by atoms with van der Waals surface area (Å²) in [6.45, 7) is 5.11. The van der Waals surface area contributed by atoms with Crippen molar-refractivity contribution < 1.29 is 17.9 Å². The van der Waals surface area contributed by atoms with E-state index in [1.165, 1.54) is 0 Å². The van der Waals surface area contributed by atoms with Gasteiger partial charge in [0.2, 0.25) is 0 Å². The van der Waals surface area contributed by atoms with Crippen molar-refractivity contribution in [2.45, 2.75) is 43.7 Å². The van der Waals surface area contributed by atoms with Crippen LogP contribution in [0.25, 0.3) is 0 Å². The van der Waals surface area contributed by atoms with Gasteiger partial charge in [0.1, 0.15) is 9.96 Å². The van der Waals surface area contributed by atoms with Gasteiger partial charge in [-0.2, -0.15) is 4.31 Å². The van der Waals surface area contributed by atoms with Crippen LogP contribution >= 0.6 is 11.3 Å². The van der Waals surface area contributed by atoms with E-state index in [0.717, 1.165) is 41.7 Å². The lowest BCUT2D eigenvalue weighted by atomic mass is 10.1. The van der Waals surface area contributed by atoms with Gasteiger partial charge < -0.3 is 4.74 Å². The number of rotatable bonds is 5. The Bertz CT molecular complexity index is 896. The van der Waals surface area contributed by atoms with E-state index in [9.17, 15) is 13.2 Å². The van der Waals surface area contributed by atoms with Crippen LogP contribution in [0.1, 0.15) is 35.3 Å². The van der Waals surface area contributed by atoms with Crippen molar-refractivity contribution >= 4 is 27.3 Å². The lowest BCUT2D eigenvalue weighted by Gasteiger charge is -2.25. The fourth-order valence-corrected chi connectivity index (χ4v) is 5.92. The molecule has 0 atom stereocenters. The second-order valence-corrected chi connectivity index (χ2v) is 9.92. The number of thiophene rings is 1. The third-order valence-electron chi connectivity index (χ3n) is 4.57. The second kappa shape index (κ2) is 7.90. The Hall–Kier alpha value is -1.70. The van der Waals surface area contributed by atoms with Crippen LogP contribution in [0.4, 0.5) is 0 Å². The maximum atomic E-state index is 12.7. The van der Waals surface area contributed by atoms with Gasteiger partial charge in [-0.05, 0) is 62.1 Å². The lowest BCUT2D eigenvalue weighted by molar-refractivity contribution is -0.133. The van der Waals surface area contributed by atoms with Gasteiger partial charge in [0.25, 0.3) is 10.0 Å². The molecular formula is C19H23NO4S2. The van der Waals surface area contributed by atoms with E-state index in [0.29, 0.717) is 27.9 Å². The Morgan fingerprint density at radius 3 is 2.50 bits per heavy atom. The highest BCUT2D eigenvalue weighted by molar-refractivity contribution is 7.91.